The first kappa shape index (κ1) is 20.4. The Bertz CT molecular complexity index is 421. The summed E-state index contributed by atoms with van der Waals surface area (Å²) in [5, 5.41) is 0. The lowest BCUT2D eigenvalue weighted by Crippen LogP contribution is -2.47. The summed E-state index contributed by atoms with van der Waals surface area (Å²) >= 11 is 0. The fraction of sp³-hybridized carbons (Fsp3) is 0.850. The van der Waals surface area contributed by atoms with Gasteiger partial charge in [0.1, 0.15) is 0 Å². The smallest absolute Gasteiger partial charge is 0.246 e. The lowest BCUT2D eigenvalue weighted by atomic mass is 9.91. The number of hydrogen-bond acceptors (Lipinski definition) is 4. The largest absolute Gasteiger partial charge is 0.342 e. The van der Waals surface area contributed by atoms with Crippen molar-refractivity contribution in [1.29, 1.82) is 0 Å². The van der Waals surface area contributed by atoms with Crippen LogP contribution < -0.4 is 0 Å². The van der Waals surface area contributed by atoms with Crippen molar-refractivity contribution in [2.45, 2.75) is 38.1 Å². The van der Waals surface area contributed by atoms with E-state index in [1.54, 1.807) is 6.08 Å². The first-order chi connectivity index (χ1) is 12.0. The average Bonchev–Trinajstić information content (AvgIpc) is 2.60. The summed E-state index contributed by atoms with van der Waals surface area (Å²) in [5.74, 6) is 0.911. The van der Waals surface area contributed by atoms with Crippen LogP contribution in [-0.4, -0.2) is 99.0 Å². The zero-order valence-electron chi connectivity index (χ0n) is 16.8. The molecule has 0 saturated carbocycles. The van der Waals surface area contributed by atoms with E-state index in [9.17, 15) is 4.79 Å². The SMILES string of the molecule is CN(C)C/C=C/C(=O)N(C)CCC1CCN(C2CCN(C)CC2)CC1. The molecule has 144 valence electrons. The van der Waals surface area contributed by atoms with Crippen LogP contribution in [0.15, 0.2) is 12.2 Å². The van der Waals surface area contributed by atoms with Crippen LogP contribution in [0.5, 0.6) is 0 Å². The Hall–Kier alpha value is -0.910. The van der Waals surface area contributed by atoms with Crippen LogP contribution in [-0.2, 0) is 4.79 Å². The molecule has 0 aromatic carbocycles. The second-order valence-electron chi connectivity index (χ2n) is 8.23. The number of hydrogen-bond donors (Lipinski definition) is 0. The normalized spacial score (nSPS) is 22.1. The molecule has 0 atom stereocenters. The van der Waals surface area contributed by atoms with Crippen molar-refractivity contribution in [2.24, 2.45) is 5.92 Å². The predicted octanol–water partition coefficient (Wildman–Crippen LogP) is 1.76. The third-order valence-corrected chi connectivity index (χ3v) is 5.83. The number of carbonyl (C=O) groups excluding carboxylic acids is 1. The van der Waals surface area contributed by atoms with Crippen molar-refractivity contribution in [1.82, 2.24) is 19.6 Å². The molecule has 0 aromatic rings. The van der Waals surface area contributed by atoms with Gasteiger partial charge in [-0.05, 0) is 85.3 Å². The molecule has 1 amide bonds. The third kappa shape index (κ3) is 7.08. The molecule has 0 aromatic heterocycles. The van der Waals surface area contributed by atoms with Crippen LogP contribution in [0.1, 0.15) is 32.1 Å². The summed E-state index contributed by atoms with van der Waals surface area (Å²) in [6.45, 7) is 6.69. The number of rotatable bonds is 7. The number of likely N-dealkylation sites (N-methyl/N-ethyl adjacent to an activating group) is 2. The number of nitrogens with zero attached hydrogens (tertiary/aromatic N) is 4. The van der Waals surface area contributed by atoms with Gasteiger partial charge in [0, 0.05) is 32.3 Å². The van der Waals surface area contributed by atoms with E-state index < -0.39 is 0 Å². The second-order valence-corrected chi connectivity index (χ2v) is 8.23. The van der Waals surface area contributed by atoms with Crippen LogP contribution in [0.2, 0.25) is 0 Å². The Balaban J connectivity index is 1.63. The lowest BCUT2D eigenvalue weighted by molar-refractivity contribution is -0.125. The highest BCUT2D eigenvalue weighted by Gasteiger charge is 2.27. The number of piperidine rings is 2. The van der Waals surface area contributed by atoms with Crippen molar-refractivity contribution in [2.75, 3.05) is 67.5 Å². The van der Waals surface area contributed by atoms with Gasteiger partial charge in [0.05, 0.1) is 0 Å². The molecule has 2 heterocycles. The Labute approximate surface area is 154 Å². The first-order valence-electron chi connectivity index (χ1n) is 9.94. The molecule has 0 spiro atoms. The molecular weight excluding hydrogens is 312 g/mol. The Morgan fingerprint density at radius 3 is 2.28 bits per heavy atom. The molecule has 5 nitrogen and oxygen atoms in total. The van der Waals surface area contributed by atoms with E-state index in [4.69, 9.17) is 0 Å². The first-order valence-corrected chi connectivity index (χ1v) is 9.94. The molecule has 2 fully saturated rings. The van der Waals surface area contributed by atoms with Gasteiger partial charge < -0.3 is 19.6 Å². The van der Waals surface area contributed by atoms with Gasteiger partial charge >= 0.3 is 0 Å². The minimum Gasteiger partial charge on any atom is -0.342 e. The van der Waals surface area contributed by atoms with E-state index in [1.807, 2.05) is 32.1 Å². The molecular formula is C20H38N4O. The quantitative estimate of drug-likeness (QED) is 0.655. The van der Waals surface area contributed by atoms with Gasteiger partial charge in [-0.25, -0.2) is 0 Å². The minimum absolute atomic E-state index is 0.130. The summed E-state index contributed by atoms with van der Waals surface area (Å²) in [6, 6.07) is 0.809. The maximum atomic E-state index is 12.1. The van der Waals surface area contributed by atoms with Crippen LogP contribution >= 0.6 is 0 Å². The molecule has 2 saturated heterocycles. The van der Waals surface area contributed by atoms with Gasteiger partial charge in [0.15, 0.2) is 0 Å². The highest BCUT2D eigenvalue weighted by Crippen LogP contribution is 2.25. The topological polar surface area (TPSA) is 30.0 Å². The summed E-state index contributed by atoms with van der Waals surface area (Å²) < 4.78 is 0. The maximum Gasteiger partial charge on any atom is 0.246 e. The third-order valence-electron chi connectivity index (χ3n) is 5.83. The Morgan fingerprint density at radius 1 is 1.04 bits per heavy atom. The van der Waals surface area contributed by atoms with E-state index in [0.717, 1.165) is 31.5 Å². The summed E-state index contributed by atoms with van der Waals surface area (Å²) in [5.41, 5.74) is 0. The van der Waals surface area contributed by atoms with E-state index in [2.05, 4.69) is 21.7 Å². The number of amides is 1. The molecule has 2 aliphatic rings. The highest BCUT2D eigenvalue weighted by molar-refractivity contribution is 5.87. The molecule has 0 radical (unpaired) electrons. The number of likely N-dealkylation sites (tertiary alicyclic amines) is 2. The molecule has 5 heteroatoms. The van der Waals surface area contributed by atoms with E-state index in [1.165, 1.54) is 51.9 Å². The molecule has 25 heavy (non-hydrogen) atoms. The molecule has 0 bridgehead atoms. The second kappa shape index (κ2) is 10.3. The van der Waals surface area contributed by atoms with Gasteiger partial charge in [-0.2, -0.15) is 0 Å². The monoisotopic (exact) mass is 350 g/mol. The molecule has 2 rings (SSSR count). The van der Waals surface area contributed by atoms with E-state index >= 15 is 0 Å². The zero-order chi connectivity index (χ0) is 18.2. The lowest BCUT2D eigenvalue weighted by Gasteiger charge is -2.41. The minimum atomic E-state index is 0.130. The maximum absolute atomic E-state index is 12.1. The van der Waals surface area contributed by atoms with Crippen molar-refractivity contribution in [3.63, 3.8) is 0 Å². The Kier molecular flexibility index (Phi) is 8.40. The van der Waals surface area contributed by atoms with E-state index in [-0.39, 0.29) is 5.91 Å². The fourth-order valence-electron chi connectivity index (χ4n) is 3.94. The average molecular weight is 351 g/mol. The van der Waals surface area contributed by atoms with Crippen LogP contribution in [0.3, 0.4) is 0 Å². The standard InChI is InChI=1S/C20H38N4O/c1-21(2)12-5-6-20(25)23(4)15-7-18-8-16-24(17-9-18)19-10-13-22(3)14-11-19/h5-6,18-19H,7-17H2,1-4H3/b6-5+. The van der Waals surface area contributed by atoms with E-state index in [0.29, 0.717) is 0 Å². The van der Waals surface area contributed by atoms with Crippen molar-refractivity contribution >= 4 is 5.91 Å². The van der Waals surface area contributed by atoms with Gasteiger partial charge in [-0.3, -0.25) is 4.79 Å². The van der Waals surface area contributed by atoms with Gasteiger partial charge in [-0.1, -0.05) is 6.08 Å². The summed E-state index contributed by atoms with van der Waals surface area (Å²) in [7, 11) is 8.18. The van der Waals surface area contributed by atoms with Gasteiger partial charge in [0.2, 0.25) is 5.91 Å². The fourth-order valence-corrected chi connectivity index (χ4v) is 3.94. The van der Waals surface area contributed by atoms with Gasteiger partial charge in [0.25, 0.3) is 0 Å². The van der Waals surface area contributed by atoms with Crippen molar-refractivity contribution < 1.29 is 4.79 Å². The predicted molar refractivity (Wildman–Crippen MR) is 105 cm³/mol. The summed E-state index contributed by atoms with van der Waals surface area (Å²) in [6.07, 6.45) is 10.1. The van der Waals surface area contributed by atoms with Crippen LogP contribution in [0.4, 0.5) is 0 Å². The van der Waals surface area contributed by atoms with Crippen molar-refractivity contribution in [3.05, 3.63) is 12.2 Å². The molecule has 2 aliphatic heterocycles. The zero-order valence-corrected chi connectivity index (χ0v) is 16.8. The van der Waals surface area contributed by atoms with Gasteiger partial charge in [-0.15, -0.1) is 0 Å². The summed E-state index contributed by atoms with van der Waals surface area (Å²) in [4.78, 5) is 21.2. The molecule has 0 unspecified atom stereocenters. The molecule has 0 N–H and O–H groups in total. The van der Waals surface area contributed by atoms with Crippen molar-refractivity contribution in [3.8, 4) is 0 Å². The molecule has 0 aliphatic carbocycles. The Morgan fingerprint density at radius 2 is 1.68 bits per heavy atom. The van der Waals surface area contributed by atoms with Crippen LogP contribution in [0, 0.1) is 5.92 Å². The highest BCUT2D eigenvalue weighted by atomic mass is 16.2. The number of carbonyl (C=O) groups is 1. The van der Waals surface area contributed by atoms with Crippen LogP contribution in [0.25, 0.3) is 0 Å².